The van der Waals surface area contributed by atoms with Gasteiger partial charge in [0.25, 0.3) is 5.91 Å². The molecule has 0 saturated carbocycles. The van der Waals surface area contributed by atoms with Gasteiger partial charge in [-0.3, -0.25) is 4.79 Å². The van der Waals surface area contributed by atoms with E-state index in [-0.39, 0.29) is 23.5 Å². The SMILES string of the molecule is N[C@@H]1CCN(C(=O)c2ccc([N+](=O)[O-])[nH]2)C1. The molecule has 16 heavy (non-hydrogen) atoms. The number of H-pyrrole nitrogens is 1. The highest BCUT2D eigenvalue weighted by Crippen LogP contribution is 2.15. The van der Waals surface area contributed by atoms with Crippen LogP contribution in [0, 0.1) is 10.1 Å². The third-order valence-corrected chi connectivity index (χ3v) is 2.61. The van der Waals surface area contributed by atoms with Crippen LogP contribution >= 0.6 is 0 Å². The Balaban J connectivity index is 2.11. The monoisotopic (exact) mass is 224 g/mol. The minimum absolute atomic E-state index is 0.00824. The van der Waals surface area contributed by atoms with Crippen LogP contribution in [0.4, 0.5) is 5.82 Å². The molecule has 86 valence electrons. The van der Waals surface area contributed by atoms with Gasteiger partial charge >= 0.3 is 5.82 Å². The van der Waals surface area contributed by atoms with Crippen molar-refractivity contribution in [2.45, 2.75) is 12.5 Å². The summed E-state index contributed by atoms with van der Waals surface area (Å²) < 4.78 is 0. The third kappa shape index (κ3) is 1.89. The molecule has 1 aromatic rings. The Morgan fingerprint density at radius 3 is 2.88 bits per heavy atom. The first-order valence-electron chi connectivity index (χ1n) is 4.96. The number of amides is 1. The fraction of sp³-hybridized carbons (Fsp3) is 0.444. The average Bonchev–Trinajstić information content (AvgIpc) is 2.84. The van der Waals surface area contributed by atoms with Crippen molar-refractivity contribution in [3.8, 4) is 0 Å². The number of rotatable bonds is 2. The summed E-state index contributed by atoms with van der Waals surface area (Å²) in [5, 5.41) is 10.4. The first-order chi connectivity index (χ1) is 7.58. The van der Waals surface area contributed by atoms with Gasteiger partial charge in [-0.15, -0.1) is 0 Å². The van der Waals surface area contributed by atoms with Crippen LogP contribution in [0.15, 0.2) is 12.1 Å². The molecule has 1 fully saturated rings. The molecule has 0 aliphatic carbocycles. The molecule has 7 heteroatoms. The minimum atomic E-state index is -0.563. The van der Waals surface area contributed by atoms with Crippen LogP contribution < -0.4 is 5.73 Å². The van der Waals surface area contributed by atoms with E-state index in [1.54, 1.807) is 4.90 Å². The molecule has 0 spiro atoms. The number of nitrogens with two attached hydrogens (primary N) is 1. The van der Waals surface area contributed by atoms with Crippen molar-refractivity contribution in [1.29, 1.82) is 0 Å². The Bertz CT molecular complexity index is 428. The molecule has 7 nitrogen and oxygen atoms in total. The quantitative estimate of drug-likeness (QED) is 0.548. The van der Waals surface area contributed by atoms with Crippen molar-refractivity contribution in [2.24, 2.45) is 5.73 Å². The van der Waals surface area contributed by atoms with Crippen LogP contribution in [0.25, 0.3) is 0 Å². The summed E-state index contributed by atoms with van der Waals surface area (Å²) in [4.78, 5) is 25.8. The number of nitrogens with one attached hydrogen (secondary N) is 1. The molecule has 0 unspecified atom stereocenters. The Hall–Kier alpha value is -1.89. The molecule has 1 saturated heterocycles. The lowest BCUT2D eigenvalue weighted by Crippen LogP contribution is -2.32. The molecule has 2 heterocycles. The molecule has 0 bridgehead atoms. The second-order valence-corrected chi connectivity index (χ2v) is 3.81. The summed E-state index contributed by atoms with van der Waals surface area (Å²) in [5.74, 6) is -0.409. The van der Waals surface area contributed by atoms with Crippen molar-refractivity contribution in [1.82, 2.24) is 9.88 Å². The van der Waals surface area contributed by atoms with E-state index >= 15 is 0 Å². The number of carbonyl (C=O) groups excluding carboxylic acids is 1. The molecule has 1 aromatic heterocycles. The lowest BCUT2D eigenvalue weighted by molar-refractivity contribution is -0.389. The van der Waals surface area contributed by atoms with E-state index in [9.17, 15) is 14.9 Å². The van der Waals surface area contributed by atoms with E-state index in [2.05, 4.69) is 4.98 Å². The summed E-state index contributed by atoms with van der Waals surface area (Å²) in [6, 6.07) is 2.71. The molecular formula is C9H12N4O3. The van der Waals surface area contributed by atoms with Gasteiger partial charge in [0.1, 0.15) is 0 Å². The van der Waals surface area contributed by atoms with Crippen LogP contribution in [0.2, 0.25) is 0 Å². The Morgan fingerprint density at radius 2 is 2.38 bits per heavy atom. The number of aromatic amines is 1. The van der Waals surface area contributed by atoms with Gasteiger partial charge in [-0.05, 0) is 17.4 Å². The summed E-state index contributed by atoms with van der Waals surface area (Å²) in [6.45, 7) is 1.11. The number of hydrogen-bond donors (Lipinski definition) is 2. The highest BCUT2D eigenvalue weighted by atomic mass is 16.6. The number of carbonyl (C=O) groups is 1. The van der Waals surface area contributed by atoms with Crippen LogP contribution in [-0.4, -0.2) is 39.8 Å². The fourth-order valence-corrected chi connectivity index (χ4v) is 1.76. The van der Waals surface area contributed by atoms with Crippen molar-refractivity contribution in [3.05, 3.63) is 27.9 Å². The van der Waals surface area contributed by atoms with Gasteiger partial charge in [-0.2, -0.15) is 0 Å². The van der Waals surface area contributed by atoms with E-state index in [1.165, 1.54) is 12.1 Å². The zero-order valence-electron chi connectivity index (χ0n) is 8.55. The number of likely N-dealkylation sites (tertiary alicyclic amines) is 1. The standard InChI is InChI=1S/C9H12N4O3/c10-6-3-4-12(5-6)9(14)7-1-2-8(11-7)13(15)16/h1-2,6,11H,3-5,10H2/t6-/m1/s1. The Labute approximate surface area is 91.4 Å². The molecule has 3 N–H and O–H groups in total. The Kier molecular flexibility index (Phi) is 2.61. The normalized spacial score (nSPS) is 20.1. The number of hydrogen-bond acceptors (Lipinski definition) is 4. The van der Waals surface area contributed by atoms with Gasteiger partial charge in [-0.25, -0.2) is 4.98 Å². The first-order valence-corrected chi connectivity index (χ1v) is 4.96. The molecule has 1 aliphatic heterocycles. The predicted molar refractivity (Wildman–Crippen MR) is 55.9 cm³/mol. The number of nitro groups is 1. The smallest absolute Gasteiger partial charge is 0.321 e. The van der Waals surface area contributed by atoms with E-state index in [0.717, 1.165) is 6.42 Å². The summed E-state index contributed by atoms with van der Waals surface area (Å²) in [5.41, 5.74) is 5.92. The number of aromatic nitrogens is 1. The van der Waals surface area contributed by atoms with Crippen LogP contribution in [-0.2, 0) is 0 Å². The molecule has 1 aliphatic rings. The largest absolute Gasteiger partial charge is 0.358 e. The molecule has 1 amide bonds. The zero-order valence-corrected chi connectivity index (χ0v) is 8.55. The van der Waals surface area contributed by atoms with Gasteiger partial charge in [0, 0.05) is 25.2 Å². The maximum atomic E-state index is 11.8. The zero-order chi connectivity index (χ0) is 11.7. The van der Waals surface area contributed by atoms with Gasteiger partial charge in [0.15, 0.2) is 5.69 Å². The summed E-state index contributed by atoms with van der Waals surface area (Å²) >= 11 is 0. The van der Waals surface area contributed by atoms with E-state index < -0.39 is 4.92 Å². The molecule has 0 radical (unpaired) electrons. The van der Waals surface area contributed by atoms with Crippen molar-refractivity contribution in [2.75, 3.05) is 13.1 Å². The minimum Gasteiger partial charge on any atom is -0.358 e. The second kappa shape index (κ2) is 3.93. The fourth-order valence-electron chi connectivity index (χ4n) is 1.76. The maximum Gasteiger partial charge on any atom is 0.321 e. The van der Waals surface area contributed by atoms with Crippen molar-refractivity contribution >= 4 is 11.7 Å². The van der Waals surface area contributed by atoms with Gasteiger partial charge < -0.3 is 20.7 Å². The second-order valence-electron chi connectivity index (χ2n) is 3.81. The van der Waals surface area contributed by atoms with Gasteiger partial charge in [0.2, 0.25) is 0 Å². The van der Waals surface area contributed by atoms with Crippen molar-refractivity contribution in [3.63, 3.8) is 0 Å². The highest BCUT2D eigenvalue weighted by Gasteiger charge is 2.27. The van der Waals surface area contributed by atoms with E-state index in [0.29, 0.717) is 13.1 Å². The lowest BCUT2D eigenvalue weighted by Gasteiger charge is -2.12. The first kappa shape index (κ1) is 10.6. The van der Waals surface area contributed by atoms with Crippen LogP contribution in [0.3, 0.4) is 0 Å². The lowest BCUT2D eigenvalue weighted by atomic mass is 10.3. The van der Waals surface area contributed by atoms with E-state index in [1.807, 2.05) is 0 Å². The van der Waals surface area contributed by atoms with Crippen molar-refractivity contribution < 1.29 is 9.72 Å². The molecule has 2 rings (SSSR count). The predicted octanol–water partition coefficient (Wildman–Crippen LogP) is 0.0961. The van der Waals surface area contributed by atoms with Gasteiger partial charge in [0.05, 0.1) is 0 Å². The van der Waals surface area contributed by atoms with Crippen LogP contribution in [0.5, 0.6) is 0 Å². The summed E-state index contributed by atoms with van der Waals surface area (Å²) in [7, 11) is 0. The molecule has 1 atom stereocenters. The average molecular weight is 224 g/mol. The van der Waals surface area contributed by atoms with Crippen LogP contribution in [0.1, 0.15) is 16.9 Å². The Morgan fingerprint density at radius 1 is 1.62 bits per heavy atom. The molecular weight excluding hydrogens is 212 g/mol. The highest BCUT2D eigenvalue weighted by molar-refractivity contribution is 5.93. The van der Waals surface area contributed by atoms with Gasteiger partial charge in [-0.1, -0.05) is 0 Å². The third-order valence-electron chi connectivity index (χ3n) is 2.61. The van der Waals surface area contributed by atoms with E-state index in [4.69, 9.17) is 5.73 Å². The molecule has 0 aromatic carbocycles. The number of nitrogens with zero attached hydrogens (tertiary/aromatic N) is 2. The topological polar surface area (TPSA) is 105 Å². The summed E-state index contributed by atoms with van der Waals surface area (Å²) in [6.07, 6.45) is 0.772. The maximum absolute atomic E-state index is 11.8.